The number of hydrogen-bond donors (Lipinski definition) is 3. The highest BCUT2D eigenvalue weighted by molar-refractivity contribution is 5.70. The molecular weight excluding hydrogens is 436 g/mol. The monoisotopic (exact) mass is 472 g/mol. The van der Waals surface area contributed by atoms with Crippen LogP contribution in [0.15, 0.2) is 61.0 Å². The van der Waals surface area contributed by atoms with Gasteiger partial charge in [0.15, 0.2) is 0 Å². The summed E-state index contributed by atoms with van der Waals surface area (Å²) in [5.74, 6) is -0.709. The van der Waals surface area contributed by atoms with E-state index in [1.807, 2.05) is 32.1 Å². The summed E-state index contributed by atoms with van der Waals surface area (Å²) in [6.07, 6.45) is 7.65. The number of nitrogens with zero attached hydrogens (tertiary/aromatic N) is 1. The molecule has 0 bridgehead atoms. The van der Waals surface area contributed by atoms with Gasteiger partial charge in [0, 0.05) is 31.3 Å². The molecule has 3 N–H and O–H groups in total. The Morgan fingerprint density at radius 1 is 1.47 bits per heavy atom. The average Bonchev–Trinajstić information content (AvgIpc) is 2.80. The van der Waals surface area contributed by atoms with E-state index in [4.69, 9.17) is 9.47 Å². The predicted molar refractivity (Wildman–Crippen MR) is 129 cm³/mol. The fraction of sp³-hybridized carbons (Fsp3) is 0.500. The zero-order valence-electron chi connectivity index (χ0n) is 20.1. The second-order valence-corrected chi connectivity index (χ2v) is 8.94. The van der Waals surface area contributed by atoms with Gasteiger partial charge in [0.05, 0.1) is 18.1 Å². The van der Waals surface area contributed by atoms with Gasteiger partial charge in [0.1, 0.15) is 12.2 Å². The molecule has 186 valence electrons. The fourth-order valence-electron chi connectivity index (χ4n) is 3.79. The molecule has 2 heterocycles. The van der Waals surface area contributed by atoms with Crippen molar-refractivity contribution in [2.75, 3.05) is 0 Å². The standard InChI is InChI=1S/C26H36N2O6/c1-5-8-18(2)24-19(3)9-6-11-22(26(4,32)13-12-21(29)15-23(30)34-24)33-25(31)28-17-20-10-7-14-27-16-20/h5-10,14,16,19,21-22,24,29,32H,1,11-13,15,17H2,2-4H3,(H,28,31)/b9-6+,18-8+. The van der Waals surface area contributed by atoms with Gasteiger partial charge >= 0.3 is 12.1 Å². The van der Waals surface area contributed by atoms with Crippen molar-refractivity contribution in [1.29, 1.82) is 0 Å². The van der Waals surface area contributed by atoms with Crippen LogP contribution in [0, 0.1) is 5.92 Å². The first-order valence-electron chi connectivity index (χ1n) is 11.5. The van der Waals surface area contributed by atoms with Crippen molar-refractivity contribution < 1.29 is 29.3 Å². The Bertz CT molecular complexity index is 881. The molecule has 0 aliphatic carbocycles. The molecule has 1 aromatic heterocycles. The van der Waals surface area contributed by atoms with Gasteiger partial charge < -0.3 is 25.0 Å². The van der Waals surface area contributed by atoms with E-state index < -0.39 is 36.0 Å². The molecule has 0 spiro atoms. The summed E-state index contributed by atoms with van der Waals surface area (Å²) in [5.41, 5.74) is 0.215. The van der Waals surface area contributed by atoms with Crippen LogP contribution in [0.2, 0.25) is 0 Å². The average molecular weight is 473 g/mol. The van der Waals surface area contributed by atoms with Crippen molar-refractivity contribution in [3.05, 3.63) is 66.5 Å². The van der Waals surface area contributed by atoms with Gasteiger partial charge in [-0.1, -0.05) is 43.9 Å². The maximum Gasteiger partial charge on any atom is 0.407 e. The van der Waals surface area contributed by atoms with Crippen LogP contribution >= 0.6 is 0 Å². The van der Waals surface area contributed by atoms with Crippen LogP contribution in [0.3, 0.4) is 0 Å². The normalized spacial score (nSPS) is 30.0. The van der Waals surface area contributed by atoms with Crippen LogP contribution < -0.4 is 5.32 Å². The van der Waals surface area contributed by atoms with Gasteiger partial charge in [-0.2, -0.15) is 0 Å². The number of rotatable bonds is 5. The van der Waals surface area contributed by atoms with E-state index in [1.54, 1.807) is 37.5 Å². The first-order chi connectivity index (χ1) is 16.1. The molecule has 1 amide bonds. The van der Waals surface area contributed by atoms with E-state index in [1.165, 1.54) is 0 Å². The minimum Gasteiger partial charge on any atom is -0.457 e. The summed E-state index contributed by atoms with van der Waals surface area (Å²) >= 11 is 0. The molecular formula is C26H36N2O6. The van der Waals surface area contributed by atoms with Crippen molar-refractivity contribution >= 4 is 12.1 Å². The van der Waals surface area contributed by atoms with Crippen LogP contribution in [0.25, 0.3) is 0 Å². The third kappa shape index (κ3) is 8.76. The van der Waals surface area contributed by atoms with Crippen molar-refractivity contribution in [2.24, 2.45) is 5.92 Å². The topological polar surface area (TPSA) is 118 Å². The molecule has 0 saturated carbocycles. The molecule has 0 aromatic carbocycles. The molecule has 0 radical (unpaired) electrons. The molecule has 0 saturated heterocycles. The van der Waals surface area contributed by atoms with Crippen molar-refractivity contribution in [1.82, 2.24) is 10.3 Å². The Morgan fingerprint density at radius 3 is 2.91 bits per heavy atom. The minimum atomic E-state index is -1.42. The van der Waals surface area contributed by atoms with Gasteiger partial charge in [-0.05, 0) is 43.9 Å². The number of cyclic esters (lactones) is 1. The van der Waals surface area contributed by atoms with E-state index in [-0.39, 0.29) is 38.1 Å². The largest absolute Gasteiger partial charge is 0.457 e. The number of alkyl carbamates (subject to hydrolysis) is 1. The number of esters is 1. The molecule has 0 fully saturated rings. The first kappa shape index (κ1) is 27.3. The van der Waals surface area contributed by atoms with E-state index >= 15 is 0 Å². The zero-order valence-corrected chi connectivity index (χ0v) is 20.1. The van der Waals surface area contributed by atoms with Crippen molar-refractivity contribution in [3.63, 3.8) is 0 Å². The minimum absolute atomic E-state index is 0.129. The molecule has 1 aromatic rings. The lowest BCUT2D eigenvalue weighted by Gasteiger charge is -2.32. The number of amides is 1. The third-order valence-corrected chi connectivity index (χ3v) is 5.84. The number of aromatic nitrogens is 1. The van der Waals surface area contributed by atoms with Gasteiger partial charge in [-0.25, -0.2) is 4.79 Å². The zero-order chi connectivity index (χ0) is 25.1. The molecule has 34 heavy (non-hydrogen) atoms. The number of aliphatic hydroxyl groups excluding tert-OH is 1. The number of aliphatic hydroxyl groups is 2. The molecule has 1 aliphatic rings. The number of carbonyl (C=O) groups excluding carboxylic acids is 2. The third-order valence-electron chi connectivity index (χ3n) is 5.84. The quantitative estimate of drug-likeness (QED) is 0.340. The molecule has 8 nitrogen and oxygen atoms in total. The number of carbonyl (C=O) groups is 2. The molecule has 5 atom stereocenters. The summed E-state index contributed by atoms with van der Waals surface area (Å²) in [7, 11) is 0. The van der Waals surface area contributed by atoms with Crippen molar-refractivity contribution in [3.8, 4) is 0 Å². The van der Waals surface area contributed by atoms with Crippen LogP contribution in [-0.2, 0) is 20.8 Å². The van der Waals surface area contributed by atoms with Gasteiger partial charge in [0.25, 0.3) is 0 Å². The van der Waals surface area contributed by atoms with Gasteiger partial charge in [-0.3, -0.25) is 9.78 Å². The highest BCUT2D eigenvalue weighted by Gasteiger charge is 2.35. The molecule has 8 heteroatoms. The van der Waals surface area contributed by atoms with Crippen LogP contribution in [0.4, 0.5) is 4.79 Å². The maximum atomic E-state index is 12.5. The molecule has 1 aliphatic heterocycles. The summed E-state index contributed by atoms with van der Waals surface area (Å²) < 4.78 is 11.2. The van der Waals surface area contributed by atoms with E-state index in [9.17, 15) is 19.8 Å². The van der Waals surface area contributed by atoms with Crippen LogP contribution in [0.1, 0.15) is 52.0 Å². The summed E-state index contributed by atoms with van der Waals surface area (Å²) in [4.78, 5) is 28.9. The summed E-state index contributed by atoms with van der Waals surface area (Å²) in [6, 6.07) is 3.60. The molecule has 5 unspecified atom stereocenters. The Hall–Kier alpha value is -2.97. The number of nitrogens with one attached hydrogen (secondary N) is 1. The fourth-order valence-corrected chi connectivity index (χ4v) is 3.79. The predicted octanol–water partition coefficient (Wildman–Crippen LogP) is 3.60. The van der Waals surface area contributed by atoms with E-state index in [0.717, 1.165) is 11.1 Å². The van der Waals surface area contributed by atoms with Gasteiger partial charge in [0.2, 0.25) is 0 Å². The van der Waals surface area contributed by atoms with Crippen LogP contribution in [-0.4, -0.2) is 51.2 Å². The smallest absolute Gasteiger partial charge is 0.407 e. The van der Waals surface area contributed by atoms with Gasteiger partial charge in [-0.15, -0.1) is 0 Å². The highest BCUT2D eigenvalue weighted by Crippen LogP contribution is 2.27. The highest BCUT2D eigenvalue weighted by atomic mass is 16.6. The molecule has 2 rings (SSSR count). The Balaban J connectivity index is 2.18. The number of hydrogen-bond acceptors (Lipinski definition) is 7. The summed E-state index contributed by atoms with van der Waals surface area (Å²) in [6.45, 7) is 9.25. The Kier molecular flexibility index (Phi) is 10.5. The van der Waals surface area contributed by atoms with Crippen molar-refractivity contribution in [2.45, 2.75) is 76.9 Å². The number of allylic oxidation sites excluding steroid dienone is 2. The van der Waals surface area contributed by atoms with E-state index in [2.05, 4.69) is 16.9 Å². The lowest BCUT2D eigenvalue weighted by atomic mass is 9.89. The lowest BCUT2D eigenvalue weighted by Crippen LogP contribution is -2.44. The Morgan fingerprint density at radius 2 is 2.24 bits per heavy atom. The number of ether oxygens (including phenoxy) is 2. The Labute approximate surface area is 201 Å². The second-order valence-electron chi connectivity index (χ2n) is 8.94. The second kappa shape index (κ2) is 13.1. The van der Waals surface area contributed by atoms with Crippen LogP contribution in [0.5, 0.6) is 0 Å². The first-order valence-corrected chi connectivity index (χ1v) is 11.5. The van der Waals surface area contributed by atoms with E-state index in [0.29, 0.717) is 0 Å². The maximum absolute atomic E-state index is 12.5. The summed E-state index contributed by atoms with van der Waals surface area (Å²) in [5, 5.41) is 24.1. The lowest BCUT2D eigenvalue weighted by molar-refractivity contribution is -0.151. The SMILES string of the molecule is C=C/C=C(\C)C1OC(=O)CC(O)CCC(C)(O)C(OC(=O)NCc2cccnc2)C/C=C/C1C. The number of pyridine rings is 1.